The summed E-state index contributed by atoms with van der Waals surface area (Å²) in [6, 6.07) is 0.750. The summed E-state index contributed by atoms with van der Waals surface area (Å²) in [5.74, 6) is 0.936. The first-order valence-corrected chi connectivity index (χ1v) is 6.10. The van der Waals surface area contributed by atoms with Gasteiger partial charge in [-0.15, -0.1) is 0 Å². The van der Waals surface area contributed by atoms with Gasteiger partial charge in [0.25, 0.3) is 0 Å². The van der Waals surface area contributed by atoms with Crippen molar-refractivity contribution in [2.45, 2.75) is 64.5 Å². The Labute approximate surface area is 88.1 Å². The minimum Gasteiger partial charge on any atom is -0.393 e. The highest BCUT2D eigenvalue weighted by molar-refractivity contribution is 4.75. The number of nitrogens with one attached hydrogen (secondary N) is 1. The molecule has 1 unspecified atom stereocenters. The number of hydrogen-bond acceptors (Lipinski definition) is 2. The third kappa shape index (κ3) is 4.97. The average molecular weight is 199 g/mol. The molecule has 0 radical (unpaired) electrons. The molecular formula is C12H25NO. The molecule has 14 heavy (non-hydrogen) atoms. The monoisotopic (exact) mass is 199 g/mol. The van der Waals surface area contributed by atoms with E-state index in [1.165, 1.54) is 25.7 Å². The van der Waals surface area contributed by atoms with E-state index >= 15 is 0 Å². The second kappa shape index (κ2) is 6.41. The summed E-state index contributed by atoms with van der Waals surface area (Å²) < 4.78 is 0. The van der Waals surface area contributed by atoms with E-state index in [-0.39, 0.29) is 6.10 Å². The Morgan fingerprint density at radius 3 is 2.50 bits per heavy atom. The third-order valence-corrected chi connectivity index (χ3v) is 3.25. The number of rotatable bonds is 5. The zero-order valence-electron chi connectivity index (χ0n) is 9.63. The van der Waals surface area contributed by atoms with Crippen LogP contribution in [0.25, 0.3) is 0 Å². The molecule has 84 valence electrons. The molecule has 0 saturated heterocycles. The van der Waals surface area contributed by atoms with Crippen LogP contribution >= 0.6 is 0 Å². The van der Waals surface area contributed by atoms with Gasteiger partial charge in [0, 0.05) is 6.04 Å². The van der Waals surface area contributed by atoms with E-state index in [2.05, 4.69) is 12.2 Å². The molecule has 0 aromatic rings. The van der Waals surface area contributed by atoms with Crippen molar-refractivity contribution in [1.82, 2.24) is 5.32 Å². The molecular weight excluding hydrogens is 174 g/mol. The van der Waals surface area contributed by atoms with Crippen LogP contribution in [-0.2, 0) is 0 Å². The normalized spacial score (nSPS) is 30.2. The van der Waals surface area contributed by atoms with Crippen molar-refractivity contribution in [3.63, 3.8) is 0 Å². The van der Waals surface area contributed by atoms with Gasteiger partial charge in [-0.05, 0) is 57.9 Å². The van der Waals surface area contributed by atoms with Crippen molar-refractivity contribution in [2.75, 3.05) is 6.54 Å². The molecule has 1 aliphatic carbocycles. The van der Waals surface area contributed by atoms with Crippen LogP contribution < -0.4 is 5.32 Å². The van der Waals surface area contributed by atoms with E-state index in [1.807, 2.05) is 6.92 Å². The zero-order valence-corrected chi connectivity index (χ0v) is 9.63. The number of aliphatic hydroxyl groups is 1. The summed E-state index contributed by atoms with van der Waals surface area (Å²) in [5.41, 5.74) is 0. The summed E-state index contributed by atoms with van der Waals surface area (Å²) in [5, 5.41) is 12.7. The summed E-state index contributed by atoms with van der Waals surface area (Å²) in [7, 11) is 0. The van der Waals surface area contributed by atoms with Crippen molar-refractivity contribution in [1.29, 1.82) is 0 Å². The van der Waals surface area contributed by atoms with Crippen molar-refractivity contribution in [3.05, 3.63) is 0 Å². The van der Waals surface area contributed by atoms with Crippen LogP contribution in [0.4, 0.5) is 0 Å². The van der Waals surface area contributed by atoms with E-state index in [9.17, 15) is 0 Å². The van der Waals surface area contributed by atoms with Gasteiger partial charge in [0.1, 0.15) is 0 Å². The van der Waals surface area contributed by atoms with Gasteiger partial charge in [-0.1, -0.05) is 6.92 Å². The molecule has 0 heterocycles. The molecule has 0 aliphatic heterocycles. The highest BCUT2D eigenvalue weighted by Crippen LogP contribution is 2.23. The smallest absolute Gasteiger partial charge is 0.0512 e. The second-order valence-corrected chi connectivity index (χ2v) is 4.90. The standard InChI is InChI=1S/C12H25NO/c1-10-5-7-12(8-6-10)13-9-3-4-11(2)14/h10-14H,3-9H2,1-2H3. The Bertz CT molecular complexity index is 139. The summed E-state index contributed by atoms with van der Waals surface area (Å²) in [6.45, 7) is 5.29. The van der Waals surface area contributed by atoms with Crippen LogP contribution in [0.2, 0.25) is 0 Å². The van der Waals surface area contributed by atoms with E-state index in [1.54, 1.807) is 0 Å². The van der Waals surface area contributed by atoms with Crippen LogP contribution in [0.1, 0.15) is 52.4 Å². The molecule has 1 saturated carbocycles. The molecule has 2 N–H and O–H groups in total. The van der Waals surface area contributed by atoms with Crippen LogP contribution in [0.5, 0.6) is 0 Å². The van der Waals surface area contributed by atoms with Gasteiger partial charge in [0.2, 0.25) is 0 Å². The van der Waals surface area contributed by atoms with Gasteiger partial charge in [-0.3, -0.25) is 0 Å². The fourth-order valence-corrected chi connectivity index (χ4v) is 2.17. The molecule has 1 aliphatic rings. The van der Waals surface area contributed by atoms with Gasteiger partial charge >= 0.3 is 0 Å². The van der Waals surface area contributed by atoms with Gasteiger partial charge in [0.05, 0.1) is 6.10 Å². The highest BCUT2D eigenvalue weighted by Gasteiger charge is 2.16. The predicted molar refractivity (Wildman–Crippen MR) is 60.3 cm³/mol. The minimum atomic E-state index is -0.136. The van der Waals surface area contributed by atoms with E-state index < -0.39 is 0 Å². The first-order valence-electron chi connectivity index (χ1n) is 6.10. The second-order valence-electron chi connectivity index (χ2n) is 4.90. The van der Waals surface area contributed by atoms with E-state index in [0.717, 1.165) is 31.3 Å². The average Bonchev–Trinajstić information content (AvgIpc) is 2.15. The Hall–Kier alpha value is -0.0800. The largest absolute Gasteiger partial charge is 0.393 e. The lowest BCUT2D eigenvalue weighted by Crippen LogP contribution is -2.33. The number of hydrogen-bond donors (Lipinski definition) is 2. The molecule has 1 rings (SSSR count). The van der Waals surface area contributed by atoms with Crippen LogP contribution in [0.3, 0.4) is 0 Å². The fourth-order valence-electron chi connectivity index (χ4n) is 2.17. The lowest BCUT2D eigenvalue weighted by atomic mass is 9.87. The molecule has 1 fully saturated rings. The molecule has 0 bridgehead atoms. The van der Waals surface area contributed by atoms with E-state index in [0.29, 0.717) is 0 Å². The predicted octanol–water partition coefficient (Wildman–Crippen LogP) is 2.32. The van der Waals surface area contributed by atoms with Crippen LogP contribution in [0.15, 0.2) is 0 Å². The lowest BCUT2D eigenvalue weighted by molar-refractivity contribution is 0.180. The van der Waals surface area contributed by atoms with Crippen molar-refractivity contribution >= 4 is 0 Å². The maximum absolute atomic E-state index is 9.10. The number of aliphatic hydroxyl groups excluding tert-OH is 1. The molecule has 0 spiro atoms. The van der Waals surface area contributed by atoms with Crippen LogP contribution in [0, 0.1) is 5.92 Å². The Morgan fingerprint density at radius 1 is 1.29 bits per heavy atom. The van der Waals surface area contributed by atoms with E-state index in [4.69, 9.17) is 5.11 Å². The molecule has 0 aromatic heterocycles. The third-order valence-electron chi connectivity index (χ3n) is 3.25. The molecule has 2 nitrogen and oxygen atoms in total. The van der Waals surface area contributed by atoms with Gasteiger partial charge in [-0.2, -0.15) is 0 Å². The van der Waals surface area contributed by atoms with Gasteiger partial charge in [0.15, 0.2) is 0 Å². The highest BCUT2D eigenvalue weighted by atomic mass is 16.3. The van der Waals surface area contributed by atoms with Crippen LogP contribution in [-0.4, -0.2) is 23.8 Å². The Kier molecular flexibility index (Phi) is 5.49. The SMILES string of the molecule is CC(O)CCCNC1CCC(C)CC1. The van der Waals surface area contributed by atoms with Gasteiger partial charge < -0.3 is 10.4 Å². The Balaban J connectivity index is 1.96. The minimum absolute atomic E-state index is 0.136. The van der Waals surface area contributed by atoms with Crippen molar-refractivity contribution < 1.29 is 5.11 Å². The molecule has 0 amide bonds. The molecule has 1 atom stereocenters. The fraction of sp³-hybridized carbons (Fsp3) is 1.00. The van der Waals surface area contributed by atoms with Crippen molar-refractivity contribution in [3.8, 4) is 0 Å². The Morgan fingerprint density at radius 2 is 1.93 bits per heavy atom. The van der Waals surface area contributed by atoms with Gasteiger partial charge in [-0.25, -0.2) is 0 Å². The molecule has 0 aromatic carbocycles. The summed E-state index contributed by atoms with van der Waals surface area (Å²) in [6.07, 6.45) is 7.34. The lowest BCUT2D eigenvalue weighted by Gasteiger charge is -2.27. The topological polar surface area (TPSA) is 32.3 Å². The summed E-state index contributed by atoms with van der Waals surface area (Å²) in [4.78, 5) is 0. The molecule has 2 heteroatoms. The maximum Gasteiger partial charge on any atom is 0.0512 e. The summed E-state index contributed by atoms with van der Waals surface area (Å²) >= 11 is 0. The zero-order chi connectivity index (χ0) is 10.4. The van der Waals surface area contributed by atoms with Crippen molar-refractivity contribution in [2.24, 2.45) is 5.92 Å². The maximum atomic E-state index is 9.10. The first kappa shape index (κ1) is 12.0. The quantitative estimate of drug-likeness (QED) is 0.666. The first-order chi connectivity index (χ1) is 6.68.